The topological polar surface area (TPSA) is 89.0 Å². The molecule has 0 radical (unpaired) electrons. The van der Waals surface area contributed by atoms with E-state index >= 15 is 0 Å². The number of carbonyl (C=O) groups is 2. The van der Waals surface area contributed by atoms with Gasteiger partial charge in [0.05, 0.1) is 25.4 Å². The maximum atomic E-state index is 12.4. The molecule has 1 aliphatic rings. The van der Waals surface area contributed by atoms with E-state index < -0.39 is 5.97 Å². The van der Waals surface area contributed by atoms with Crippen LogP contribution in [0.15, 0.2) is 5.38 Å². The number of aliphatic hydroxyl groups excluding tert-OH is 1. The Hall–Kier alpha value is -1.51. The summed E-state index contributed by atoms with van der Waals surface area (Å²) in [6.07, 6.45) is -0.538. The molecule has 0 spiro atoms. The Morgan fingerprint density at radius 1 is 1.57 bits per heavy atom. The average molecular weight is 314 g/mol. The fraction of sp³-hybridized carbons (Fsp3) is 0.615. The van der Waals surface area contributed by atoms with Crippen molar-refractivity contribution in [3.05, 3.63) is 16.1 Å². The third kappa shape index (κ3) is 3.78. The number of rotatable bonds is 4. The van der Waals surface area contributed by atoms with Gasteiger partial charge in [0.1, 0.15) is 5.69 Å². The molecule has 1 saturated heterocycles. The van der Waals surface area contributed by atoms with E-state index in [4.69, 9.17) is 9.47 Å². The standard InChI is InChI=1S/C13H18N2O5S/c1-3-19-13(18)11-14-10(7-21-11)12(17)15-4-8(2)20-9(5-15)6-16/h7-9,16H,3-6H2,1-2H3. The summed E-state index contributed by atoms with van der Waals surface area (Å²) in [5.41, 5.74) is 0.217. The summed E-state index contributed by atoms with van der Waals surface area (Å²) in [6.45, 7) is 4.42. The van der Waals surface area contributed by atoms with E-state index in [-0.39, 0.29) is 42.0 Å². The van der Waals surface area contributed by atoms with Gasteiger partial charge in [0, 0.05) is 18.5 Å². The molecular weight excluding hydrogens is 296 g/mol. The summed E-state index contributed by atoms with van der Waals surface area (Å²) in [5.74, 6) is -0.791. The molecule has 0 bridgehead atoms. The fourth-order valence-corrected chi connectivity index (χ4v) is 2.82. The quantitative estimate of drug-likeness (QED) is 0.816. The van der Waals surface area contributed by atoms with Crippen molar-refractivity contribution in [1.29, 1.82) is 0 Å². The van der Waals surface area contributed by atoms with Crippen molar-refractivity contribution in [3.8, 4) is 0 Å². The molecule has 2 unspecified atom stereocenters. The molecule has 1 fully saturated rings. The third-order valence-electron chi connectivity index (χ3n) is 2.99. The highest BCUT2D eigenvalue weighted by Gasteiger charge is 2.30. The normalized spacial score (nSPS) is 22.1. The van der Waals surface area contributed by atoms with Crippen LogP contribution in [0.3, 0.4) is 0 Å². The van der Waals surface area contributed by atoms with Crippen LogP contribution in [0.25, 0.3) is 0 Å². The minimum atomic E-state index is -0.523. The highest BCUT2D eigenvalue weighted by Crippen LogP contribution is 2.17. The van der Waals surface area contributed by atoms with E-state index in [1.165, 1.54) is 0 Å². The van der Waals surface area contributed by atoms with Crippen LogP contribution in [-0.2, 0) is 9.47 Å². The Morgan fingerprint density at radius 2 is 2.33 bits per heavy atom. The van der Waals surface area contributed by atoms with Crippen molar-refractivity contribution in [2.45, 2.75) is 26.1 Å². The SMILES string of the molecule is CCOC(=O)c1nc(C(=O)N2CC(C)OC(CO)C2)cs1. The highest BCUT2D eigenvalue weighted by molar-refractivity contribution is 7.11. The zero-order valence-corrected chi connectivity index (χ0v) is 12.8. The molecule has 1 aliphatic heterocycles. The molecule has 0 aromatic carbocycles. The Balaban J connectivity index is 2.07. The number of hydrogen-bond donors (Lipinski definition) is 1. The van der Waals surface area contributed by atoms with Gasteiger partial charge in [-0.1, -0.05) is 0 Å². The number of aromatic nitrogens is 1. The van der Waals surface area contributed by atoms with E-state index in [0.29, 0.717) is 13.1 Å². The molecule has 2 heterocycles. The Labute approximate surface area is 126 Å². The van der Waals surface area contributed by atoms with Crippen LogP contribution in [0.5, 0.6) is 0 Å². The summed E-state index contributed by atoms with van der Waals surface area (Å²) in [6, 6.07) is 0. The maximum Gasteiger partial charge on any atom is 0.367 e. The van der Waals surface area contributed by atoms with Crippen LogP contribution in [-0.4, -0.2) is 65.4 Å². The van der Waals surface area contributed by atoms with Gasteiger partial charge in [-0.15, -0.1) is 11.3 Å². The fourth-order valence-electron chi connectivity index (χ4n) is 2.13. The van der Waals surface area contributed by atoms with E-state index in [0.717, 1.165) is 11.3 Å². The molecule has 0 aliphatic carbocycles. The number of morpholine rings is 1. The van der Waals surface area contributed by atoms with E-state index in [9.17, 15) is 14.7 Å². The van der Waals surface area contributed by atoms with Crippen molar-refractivity contribution in [1.82, 2.24) is 9.88 Å². The molecule has 21 heavy (non-hydrogen) atoms. The predicted molar refractivity (Wildman–Crippen MR) is 75.4 cm³/mol. The van der Waals surface area contributed by atoms with Gasteiger partial charge in [0.25, 0.3) is 5.91 Å². The number of thiazole rings is 1. The minimum Gasteiger partial charge on any atom is -0.461 e. The molecule has 1 aromatic heterocycles. The number of amides is 1. The number of nitrogens with zero attached hydrogens (tertiary/aromatic N) is 2. The smallest absolute Gasteiger partial charge is 0.367 e. The van der Waals surface area contributed by atoms with Crippen LogP contribution < -0.4 is 0 Å². The number of aliphatic hydroxyl groups is 1. The van der Waals surface area contributed by atoms with Crippen LogP contribution in [0.2, 0.25) is 0 Å². The summed E-state index contributed by atoms with van der Waals surface area (Å²) in [5, 5.41) is 10.9. The maximum absolute atomic E-state index is 12.4. The zero-order chi connectivity index (χ0) is 15.4. The van der Waals surface area contributed by atoms with Crippen LogP contribution in [0, 0.1) is 0 Å². The van der Waals surface area contributed by atoms with Crippen LogP contribution in [0.4, 0.5) is 0 Å². The van der Waals surface area contributed by atoms with E-state index in [1.807, 2.05) is 6.92 Å². The second-order valence-corrected chi connectivity index (χ2v) is 5.58. The number of hydrogen-bond acceptors (Lipinski definition) is 7. The average Bonchev–Trinajstić information content (AvgIpc) is 2.95. The molecule has 0 saturated carbocycles. The Morgan fingerprint density at radius 3 is 3.00 bits per heavy atom. The molecule has 7 nitrogen and oxygen atoms in total. The van der Waals surface area contributed by atoms with Gasteiger partial charge in [-0.2, -0.15) is 0 Å². The molecule has 1 N–H and O–H groups in total. The van der Waals surface area contributed by atoms with Gasteiger partial charge in [0.2, 0.25) is 5.01 Å². The van der Waals surface area contributed by atoms with E-state index in [2.05, 4.69) is 4.98 Å². The molecule has 1 aromatic rings. The second-order valence-electron chi connectivity index (χ2n) is 4.72. The zero-order valence-electron chi connectivity index (χ0n) is 11.9. The van der Waals surface area contributed by atoms with Gasteiger partial charge in [0.15, 0.2) is 0 Å². The lowest BCUT2D eigenvalue weighted by Gasteiger charge is -2.35. The monoisotopic (exact) mass is 314 g/mol. The van der Waals surface area contributed by atoms with Gasteiger partial charge in [-0.3, -0.25) is 4.79 Å². The first-order chi connectivity index (χ1) is 10.0. The first-order valence-electron chi connectivity index (χ1n) is 6.73. The van der Waals surface area contributed by atoms with Crippen molar-refractivity contribution in [3.63, 3.8) is 0 Å². The Kier molecular flexibility index (Phi) is 5.27. The molecule has 2 rings (SSSR count). The van der Waals surface area contributed by atoms with Gasteiger partial charge in [-0.05, 0) is 13.8 Å². The second kappa shape index (κ2) is 6.97. The van der Waals surface area contributed by atoms with Gasteiger partial charge in [-0.25, -0.2) is 9.78 Å². The summed E-state index contributed by atoms with van der Waals surface area (Å²) in [4.78, 5) is 29.5. The number of esters is 1. The molecule has 2 atom stereocenters. The highest BCUT2D eigenvalue weighted by atomic mass is 32.1. The van der Waals surface area contributed by atoms with E-state index in [1.54, 1.807) is 17.2 Å². The lowest BCUT2D eigenvalue weighted by Crippen LogP contribution is -2.50. The minimum absolute atomic E-state index is 0.140. The third-order valence-corrected chi connectivity index (χ3v) is 3.81. The summed E-state index contributed by atoms with van der Waals surface area (Å²) in [7, 11) is 0. The summed E-state index contributed by atoms with van der Waals surface area (Å²) < 4.78 is 10.3. The Bertz CT molecular complexity index is 518. The number of carbonyl (C=O) groups excluding carboxylic acids is 2. The molecule has 116 valence electrons. The van der Waals surface area contributed by atoms with Crippen LogP contribution >= 0.6 is 11.3 Å². The number of ether oxygens (including phenoxy) is 2. The van der Waals surface area contributed by atoms with Gasteiger partial charge >= 0.3 is 5.97 Å². The molecule has 8 heteroatoms. The molecule has 1 amide bonds. The van der Waals surface area contributed by atoms with Crippen molar-refractivity contribution >= 4 is 23.2 Å². The van der Waals surface area contributed by atoms with Gasteiger partial charge < -0.3 is 19.5 Å². The van der Waals surface area contributed by atoms with Crippen molar-refractivity contribution in [2.24, 2.45) is 0 Å². The predicted octanol–water partition coefficient (Wildman–Crippen LogP) is 0.542. The largest absolute Gasteiger partial charge is 0.461 e. The van der Waals surface area contributed by atoms with Crippen LogP contribution in [0.1, 0.15) is 34.1 Å². The lowest BCUT2D eigenvalue weighted by molar-refractivity contribution is -0.0859. The first kappa shape index (κ1) is 15.9. The first-order valence-corrected chi connectivity index (χ1v) is 7.61. The lowest BCUT2D eigenvalue weighted by atomic mass is 10.2. The van der Waals surface area contributed by atoms with Crippen molar-refractivity contribution in [2.75, 3.05) is 26.3 Å². The summed E-state index contributed by atoms with van der Waals surface area (Å²) >= 11 is 1.08. The van der Waals surface area contributed by atoms with Crippen molar-refractivity contribution < 1.29 is 24.2 Å². The molecular formula is C13H18N2O5S.